The third kappa shape index (κ3) is 6.22. The predicted molar refractivity (Wildman–Crippen MR) is 119 cm³/mol. The summed E-state index contributed by atoms with van der Waals surface area (Å²) in [6.45, 7) is 8.43. The van der Waals surface area contributed by atoms with Crippen LogP contribution in [0.15, 0.2) is 36.4 Å². The lowest BCUT2D eigenvalue weighted by Crippen LogP contribution is -2.48. The Balaban J connectivity index is 2.33. The molecule has 0 aliphatic rings. The van der Waals surface area contributed by atoms with Crippen molar-refractivity contribution in [3.05, 3.63) is 68.7 Å². The van der Waals surface area contributed by atoms with Gasteiger partial charge in [0.05, 0.1) is 6.42 Å². The zero-order valence-electron chi connectivity index (χ0n) is 17.4. The van der Waals surface area contributed by atoms with Crippen LogP contribution in [0, 0.1) is 13.8 Å². The highest BCUT2D eigenvalue weighted by molar-refractivity contribution is 6.36. The third-order valence-electron chi connectivity index (χ3n) is 4.95. The number of hydrogen-bond acceptors (Lipinski definition) is 2. The molecule has 0 bridgehead atoms. The molecule has 6 heteroatoms. The lowest BCUT2D eigenvalue weighted by molar-refractivity contribution is -0.140. The fourth-order valence-electron chi connectivity index (χ4n) is 3.09. The zero-order chi connectivity index (χ0) is 21.6. The molecule has 0 saturated carbocycles. The van der Waals surface area contributed by atoms with E-state index in [9.17, 15) is 9.59 Å². The minimum absolute atomic E-state index is 0.145. The second kappa shape index (κ2) is 10.7. The molecule has 0 aromatic heterocycles. The first-order valence-corrected chi connectivity index (χ1v) is 10.6. The van der Waals surface area contributed by atoms with Crippen molar-refractivity contribution < 1.29 is 9.59 Å². The van der Waals surface area contributed by atoms with Crippen LogP contribution in [0.5, 0.6) is 0 Å². The van der Waals surface area contributed by atoms with Gasteiger partial charge in [-0.05, 0) is 50.5 Å². The number of rotatable bonds is 8. The van der Waals surface area contributed by atoms with E-state index in [-0.39, 0.29) is 24.8 Å². The normalized spacial score (nSPS) is 11.8. The van der Waals surface area contributed by atoms with Crippen molar-refractivity contribution in [2.24, 2.45) is 0 Å². The lowest BCUT2D eigenvalue weighted by Gasteiger charge is -2.29. The Morgan fingerprint density at radius 2 is 1.76 bits per heavy atom. The van der Waals surface area contributed by atoms with E-state index in [0.717, 1.165) is 23.1 Å². The Morgan fingerprint density at radius 1 is 1.10 bits per heavy atom. The average Bonchev–Trinajstić information content (AvgIpc) is 2.68. The summed E-state index contributed by atoms with van der Waals surface area (Å²) in [5.74, 6) is -0.335. The second-order valence-corrected chi connectivity index (χ2v) is 8.11. The quantitative estimate of drug-likeness (QED) is 0.628. The number of hydrogen-bond donors (Lipinski definition) is 1. The second-order valence-electron chi connectivity index (χ2n) is 7.30. The molecule has 0 aliphatic carbocycles. The molecule has 1 atom stereocenters. The number of aryl methyl sites for hydroxylation is 2. The Labute approximate surface area is 183 Å². The van der Waals surface area contributed by atoms with E-state index in [2.05, 4.69) is 5.32 Å². The van der Waals surface area contributed by atoms with Gasteiger partial charge in [-0.1, -0.05) is 60.0 Å². The number of carbonyl (C=O) groups excluding carboxylic acids is 2. The van der Waals surface area contributed by atoms with Crippen molar-refractivity contribution in [1.29, 1.82) is 0 Å². The van der Waals surface area contributed by atoms with E-state index in [1.54, 1.807) is 30.0 Å². The minimum Gasteiger partial charge on any atom is -0.354 e. The van der Waals surface area contributed by atoms with Crippen molar-refractivity contribution in [2.75, 3.05) is 6.54 Å². The molecule has 2 rings (SSSR count). The summed E-state index contributed by atoms with van der Waals surface area (Å²) < 4.78 is 0. The molecule has 2 amide bonds. The number of nitrogens with zero attached hydrogens (tertiary/aromatic N) is 1. The minimum atomic E-state index is -0.647. The van der Waals surface area contributed by atoms with Crippen LogP contribution in [0.4, 0.5) is 0 Å². The van der Waals surface area contributed by atoms with Crippen LogP contribution in [0.25, 0.3) is 0 Å². The summed E-state index contributed by atoms with van der Waals surface area (Å²) in [7, 11) is 0. The summed E-state index contributed by atoms with van der Waals surface area (Å²) in [5.41, 5.74) is 3.72. The number of amides is 2. The topological polar surface area (TPSA) is 49.4 Å². The van der Waals surface area contributed by atoms with Crippen LogP contribution >= 0.6 is 23.2 Å². The van der Waals surface area contributed by atoms with Crippen molar-refractivity contribution in [3.8, 4) is 0 Å². The van der Waals surface area contributed by atoms with E-state index in [4.69, 9.17) is 23.2 Å². The standard InChI is InChI=1S/C23H28Cl2N2O2/c1-5-11-26-23(29)17(4)27(14-19-20(24)7-6-8-21(19)25)22(28)13-18-12-15(2)9-10-16(18)3/h6-10,12,17H,5,11,13-14H2,1-4H3,(H,26,29)/t17-/m1/s1. The van der Waals surface area contributed by atoms with E-state index in [1.165, 1.54) is 0 Å². The molecule has 2 aromatic rings. The fourth-order valence-corrected chi connectivity index (χ4v) is 3.60. The largest absolute Gasteiger partial charge is 0.354 e. The molecule has 0 saturated heterocycles. The summed E-state index contributed by atoms with van der Waals surface area (Å²) in [5, 5.41) is 3.82. The highest BCUT2D eigenvalue weighted by Crippen LogP contribution is 2.27. The Morgan fingerprint density at radius 3 is 2.38 bits per heavy atom. The molecule has 0 radical (unpaired) electrons. The third-order valence-corrected chi connectivity index (χ3v) is 5.66. The van der Waals surface area contributed by atoms with Crippen LogP contribution < -0.4 is 5.32 Å². The van der Waals surface area contributed by atoms with Crippen molar-refractivity contribution in [3.63, 3.8) is 0 Å². The van der Waals surface area contributed by atoms with Gasteiger partial charge in [-0.15, -0.1) is 0 Å². The van der Waals surface area contributed by atoms with E-state index >= 15 is 0 Å². The Hall–Kier alpha value is -2.04. The van der Waals surface area contributed by atoms with Crippen LogP contribution in [-0.4, -0.2) is 29.3 Å². The lowest BCUT2D eigenvalue weighted by atomic mass is 10.0. The molecule has 2 aromatic carbocycles. The van der Waals surface area contributed by atoms with Gasteiger partial charge in [0, 0.05) is 28.7 Å². The smallest absolute Gasteiger partial charge is 0.242 e. The van der Waals surface area contributed by atoms with Crippen molar-refractivity contribution >= 4 is 35.0 Å². The van der Waals surface area contributed by atoms with Crippen LogP contribution in [-0.2, 0) is 22.6 Å². The van der Waals surface area contributed by atoms with E-state index < -0.39 is 6.04 Å². The van der Waals surface area contributed by atoms with Gasteiger partial charge in [0.25, 0.3) is 0 Å². The first kappa shape index (κ1) is 23.2. The van der Waals surface area contributed by atoms with Gasteiger partial charge in [-0.2, -0.15) is 0 Å². The maximum absolute atomic E-state index is 13.3. The zero-order valence-corrected chi connectivity index (χ0v) is 18.9. The molecule has 0 heterocycles. The SMILES string of the molecule is CCCNC(=O)[C@@H](C)N(Cc1c(Cl)cccc1Cl)C(=O)Cc1cc(C)ccc1C. The Bertz CT molecular complexity index is 863. The van der Waals surface area contributed by atoms with Crippen LogP contribution in [0.1, 0.15) is 42.5 Å². The van der Waals surface area contributed by atoms with Crippen LogP contribution in [0.2, 0.25) is 10.0 Å². The summed E-state index contributed by atoms with van der Waals surface area (Å²) in [4.78, 5) is 27.4. The molecule has 0 spiro atoms. The number of halogens is 2. The molecule has 0 fully saturated rings. The van der Waals surface area contributed by atoms with E-state index in [1.807, 2.05) is 39.0 Å². The maximum Gasteiger partial charge on any atom is 0.242 e. The number of carbonyl (C=O) groups is 2. The van der Waals surface area contributed by atoms with E-state index in [0.29, 0.717) is 22.2 Å². The molecule has 1 N–H and O–H groups in total. The highest BCUT2D eigenvalue weighted by atomic mass is 35.5. The predicted octanol–water partition coefficient (Wildman–Crippen LogP) is 5.10. The van der Waals surface area contributed by atoms with Gasteiger partial charge < -0.3 is 10.2 Å². The number of nitrogens with one attached hydrogen (secondary N) is 1. The monoisotopic (exact) mass is 434 g/mol. The average molecular weight is 435 g/mol. The maximum atomic E-state index is 13.3. The fraction of sp³-hybridized carbons (Fsp3) is 0.391. The molecule has 0 aliphatic heterocycles. The van der Waals surface area contributed by atoms with Gasteiger partial charge in [0.1, 0.15) is 6.04 Å². The van der Waals surface area contributed by atoms with Gasteiger partial charge >= 0.3 is 0 Å². The molecule has 0 unspecified atom stereocenters. The van der Waals surface area contributed by atoms with Gasteiger partial charge in [-0.3, -0.25) is 9.59 Å². The molecular formula is C23H28Cl2N2O2. The number of benzene rings is 2. The first-order chi connectivity index (χ1) is 13.7. The van der Waals surface area contributed by atoms with Crippen LogP contribution in [0.3, 0.4) is 0 Å². The summed E-state index contributed by atoms with van der Waals surface area (Å²) in [6.07, 6.45) is 1.03. The molecule has 29 heavy (non-hydrogen) atoms. The van der Waals surface area contributed by atoms with Gasteiger partial charge in [-0.25, -0.2) is 0 Å². The summed E-state index contributed by atoms with van der Waals surface area (Å²) >= 11 is 12.7. The summed E-state index contributed by atoms with van der Waals surface area (Å²) in [6, 6.07) is 10.6. The molecular weight excluding hydrogens is 407 g/mol. The molecule has 156 valence electrons. The van der Waals surface area contributed by atoms with Crippen molar-refractivity contribution in [2.45, 2.75) is 53.1 Å². The van der Waals surface area contributed by atoms with Crippen molar-refractivity contribution in [1.82, 2.24) is 10.2 Å². The first-order valence-electron chi connectivity index (χ1n) is 9.80. The van der Waals surface area contributed by atoms with Gasteiger partial charge in [0.15, 0.2) is 0 Å². The van der Waals surface area contributed by atoms with Gasteiger partial charge in [0.2, 0.25) is 11.8 Å². The Kier molecular flexibility index (Phi) is 8.54. The molecule has 4 nitrogen and oxygen atoms in total. The highest BCUT2D eigenvalue weighted by Gasteiger charge is 2.27.